The van der Waals surface area contributed by atoms with Crippen molar-refractivity contribution in [2.24, 2.45) is 5.73 Å². The van der Waals surface area contributed by atoms with E-state index in [4.69, 9.17) is 10.5 Å². The van der Waals surface area contributed by atoms with E-state index < -0.39 is 46.7 Å². The van der Waals surface area contributed by atoms with Gasteiger partial charge in [0.05, 0.1) is 29.8 Å². The van der Waals surface area contributed by atoms with Gasteiger partial charge < -0.3 is 25.6 Å². The number of alkyl halides is 3. The monoisotopic (exact) mass is 466 g/mol. The van der Waals surface area contributed by atoms with E-state index in [1.165, 1.54) is 18.2 Å². The summed E-state index contributed by atoms with van der Waals surface area (Å²) in [6.07, 6.45) is -5.02. The molecule has 0 unspecified atom stereocenters. The number of halogens is 3. The second-order valence-electron chi connectivity index (χ2n) is 6.81. The van der Waals surface area contributed by atoms with Crippen LogP contribution >= 0.6 is 0 Å². The molecule has 0 saturated heterocycles. The number of hydrogen-bond acceptors (Lipinski definition) is 9. The molecule has 0 fully saturated rings. The van der Waals surface area contributed by atoms with E-state index in [0.717, 1.165) is 12.1 Å². The molecule has 2 aromatic rings. The van der Waals surface area contributed by atoms with Crippen LogP contribution in [0.5, 0.6) is 11.5 Å². The Kier molecular flexibility index (Phi) is 6.68. The van der Waals surface area contributed by atoms with Crippen LogP contribution < -0.4 is 15.8 Å². The highest BCUT2D eigenvalue weighted by molar-refractivity contribution is 6.32. The first-order chi connectivity index (χ1) is 15.6. The summed E-state index contributed by atoms with van der Waals surface area (Å²) in [6.45, 7) is -0.0825. The molecule has 9 nitrogen and oxygen atoms in total. The smallest absolute Gasteiger partial charge is 0.491 e. The van der Waals surface area contributed by atoms with Crippen LogP contribution in [0.2, 0.25) is 0 Å². The number of rotatable bonds is 7. The van der Waals surface area contributed by atoms with E-state index in [-0.39, 0.29) is 42.1 Å². The van der Waals surface area contributed by atoms with Crippen molar-refractivity contribution in [1.82, 2.24) is 0 Å². The van der Waals surface area contributed by atoms with Crippen molar-refractivity contribution >= 4 is 29.2 Å². The van der Waals surface area contributed by atoms with Crippen molar-refractivity contribution in [2.75, 3.05) is 25.0 Å². The summed E-state index contributed by atoms with van der Waals surface area (Å²) < 4.78 is 47.2. The average Bonchev–Trinajstić information content (AvgIpc) is 2.76. The van der Waals surface area contributed by atoms with Crippen LogP contribution in [0.25, 0.3) is 0 Å². The van der Waals surface area contributed by atoms with Gasteiger partial charge in [-0.3, -0.25) is 14.4 Å². The van der Waals surface area contributed by atoms with Crippen molar-refractivity contribution in [1.29, 1.82) is 0 Å². The molecule has 0 saturated carbocycles. The number of carbonyl (C=O) groups is 4. The molecule has 1 aliphatic carbocycles. The van der Waals surface area contributed by atoms with E-state index in [1.54, 1.807) is 0 Å². The van der Waals surface area contributed by atoms with E-state index in [2.05, 4.69) is 10.1 Å². The summed E-state index contributed by atoms with van der Waals surface area (Å²) in [5.41, 5.74) is 3.75. The Morgan fingerprint density at radius 1 is 1.03 bits per heavy atom. The maximum absolute atomic E-state index is 13.2. The summed E-state index contributed by atoms with van der Waals surface area (Å²) in [7, 11) is 0. The quantitative estimate of drug-likeness (QED) is 0.206. The SMILES string of the molecule is NCC(=O)OCCCNc1ccc(O)c2c1C(=O)c1c(OC(=O)C(F)(F)F)cccc1C2=O. The lowest BCUT2D eigenvalue weighted by molar-refractivity contribution is -0.189. The molecule has 0 atom stereocenters. The van der Waals surface area contributed by atoms with Gasteiger partial charge in [0, 0.05) is 17.8 Å². The number of nitrogens with two attached hydrogens (primary N) is 1. The number of anilines is 1. The maximum atomic E-state index is 13.2. The molecule has 0 heterocycles. The molecular weight excluding hydrogens is 449 g/mol. The van der Waals surface area contributed by atoms with Gasteiger partial charge >= 0.3 is 18.1 Å². The highest BCUT2D eigenvalue weighted by atomic mass is 19.4. The second kappa shape index (κ2) is 9.28. The molecule has 1 aliphatic rings. The van der Waals surface area contributed by atoms with Crippen LogP contribution in [-0.4, -0.2) is 54.5 Å². The molecule has 2 aromatic carbocycles. The Morgan fingerprint density at radius 2 is 1.76 bits per heavy atom. The van der Waals surface area contributed by atoms with Crippen molar-refractivity contribution in [3.05, 3.63) is 52.6 Å². The highest BCUT2D eigenvalue weighted by Gasteiger charge is 2.43. The number of ketones is 2. The third-order valence-corrected chi connectivity index (χ3v) is 4.64. The average molecular weight is 466 g/mol. The first kappa shape index (κ1) is 23.7. The fraction of sp³-hybridized carbons (Fsp3) is 0.238. The van der Waals surface area contributed by atoms with E-state index in [9.17, 15) is 37.5 Å². The van der Waals surface area contributed by atoms with E-state index in [1.807, 2.05) is 0 Å². The number of nitrogens with one attached hydrogen (secondary N) is 1. The number of phenols is 1. The largest absolute Gasteiger partial charge is 0.507 e. The Labute approximate surface area is 184 Å². The molecule has 0 aromatic heterocycles. The van der Waals surface area contributed by atoms with Crippen LogP contribution in [0.4, 0.5) is 18.9 Å². The van der Waals surface area contributed by atoms with Crippen LogP contribution in [0.1, 0.15) is 38.3 Å². The number of fused-ring (bicyclic) bond motifs is 2. The van der Waals surface area contributed by atoms with Gasteiger partial charge in [0.1, 0.15) is 11.5 Å². The minimum Gasteiger partial charge on any atom is -0.507 e. The lowest BCUT2D eigenvalue weighted by Gasteiger charge is -2.23. The number of ether oxygens (including phenoxy) is 2. The zero-order valence-corrected chi connectivity index (χ0v) is 16.8. The molecule has 3 rings (SSSR count). The zero-order chi connectivity index (χ0) is 24.3. The maximum Gasteiger partial charge on any atom is 0.491 e. The number of benzene rings is 2. The van der Waals surface area contributed by atoms with Crippen LogP contribution in [0, 0.1) is 0 Å². The van der Waals surface area contributed by atoms with Gasteiger partial charge in [-0.25, -0.2) is 4.79 Å². The molecule has 0 radical (unpaired) electrons. The molecule has 174 valence electrons. The van der Waals surface area contributed by atoms with E-state index >= 15 is 0 Å². The van der Waals surface area contributed by atoms with Gasteiger partial charge in [-0.1, -0.05) is 12.1 Å². The summed E-state index contributed by atoms with van der Waals surface area (Å²) in [6, 6.07) is 5.77. The second-order valence-corrected chi connectivity index (χ2v) is 6.81. The molecule has 0 bridgehead atoms. The molecule has 0 spiro atoms. The third kappa shape index (κ3) is 4.80. The Morgan fingerprint density at radius 3 is 2.42 bits per heavy atom. The topological polar surface area (TPSA) is 145 Å². The van der Waals surface area contributed by atoms with Gasteiger partial charge in [-0.05, 0) is 24.6 Å². The van der Waals surface area contributed by atoms with E-state index in [0.29, 0.717) is 6.42 Å². The number of phenolic OH excluding ortho intramolecular Hbond substituents is 1. The fourth-order valence-corrected chi connectivity index (χ4v) is 3.20. The summed E-state index contributed by atoms with van der Waals surface area (Å²) in [5, 5.41) is 13.1. The molecule has 0 amide bonds. The number of hydrogen-bond donors (Lipinski definition) is 3. The predicted octanol–water partition coefficient (Wildman–Crippen LogP) is 1.94. The van der Waals surface area contributed by atoms with Gasteiger partial charge in [0.25, 0.3) is 0 Å². The van der Waals surface area contributed by atoms with Gasteiger partial charge in [0.2, 0.25) is 0 Å². The van der Waals surface area contributed by atoms with Crippen molar-refractivity contribution in [2.45, 2.75) is 12.6 Å². The zero-order valence-electron chi connectivity index (χ0n) is 16.8. The summed E-state index contributed by atoms with van der Waals surface area (Å²) in [4.78, 5) is 48.6. The number of carbonyl (C=O) groups excluding carboxylic acids is 4. The van der Waals surface area contributed by atoms with Crippen molar-refractivity contribution in [3.63, 3.8) is 0 Å². The Bertz CT molecular complexity index is 1150. The number of aromatic hydroxyl groups is 1. The van der Waals surface area contributed by atoms with Gasteiger partial charge in [0.15, 0.2) is 11.6 Å². The number of esters is 2. The first-order valence-corrected chi connectivity index (χ1v) is 9.53. The Balaban J connectivity index is 1.94. The van der Waals surface area contributed by atoms with Crippen LogP contribution in [-0.2, 0) is 14.3 Å². The molecule has 33 heavy (non-hydrogen) atoms. The van der Waals surface area contributed by atoms with Gasteiger partial charge in [-0.15, -0.1) is 0 Å². The van der Waals surface area contributed by atoms with Crippen LogP contribution in [0.3, 0.4) is 0 Å². The lowest BCUT2D eigenvalue weighted by Crippen LogP contribution is -2.30. The van der Waals surface area contributed by atoms with Crippen LogP contribution in [0.15, 0.2) is 30.3 Å². The van der Waals surface area contributed by atoms with Crippen molar-refractivity contribution < 1.29 is 46.9 Å². The fourth-order valence-electron chi connectivity index (χ4n) is 3.20. The Hall–Kier alpha value is -3.93. The normalized spacial score (nSPS) is 12.6. The first-order valence-electron chi connectivity index (χ1n) is 9.53. The minimum absolute atomic E-state index is 0.0244. The lowest BCUT2D eigenvalue weighted by atomic mass is 9.82. The van der Waals surface area contributed by atoms with Crippen molar-refractivity contribution in [3.8, 4) is 11.5 Å². The summed E-state index contributed by atoms with van der Waals surface area (Å²) in [5.74, 6) is -6.14. The molecule has 12 heteroatoms. The summed E-state index contributed by atoms with van der Waals surface area (Å²) >= 11 is 0. The standard InChI is InChI=1S/C21H17F3N2O7/c22-21(23,24)20(31)33-13-4-1-3-10-15(13)19(30)16-11(5-6-12(27)17(16)18(10)29)26-7-2-8-32-14(28)9-25/h1,3-6,26-27H,2,7-9,25H2. The molecular formula is C21H17F3N2O7. The molecule has 0 aliphatic heterocycles. The van der Waals surface area contributed by atoms with Gasteiger partial charge in [-0.2, -0.15) is 13.2 Å². The highest BCUT2D eigenvalue weighted by Crippen LogP contribution is 2.40. The molecule has 4 N–H and O–H groups in total. The minimum atomic E-state index is -5.32. The predicted molar refractivity (Wildman–Crippen MR) is 106 cm³/mol. The third-order valence-electron chi connectivity index (χ3n) is 4.64.